The number of rotatable bonds is 5. The molecule has 0 saturated carbocycles. The molecule has 0 aromatic heterocycles. The molecule has 0 fully saturated rings. The highest BCUT2D eigenvalue weighted by Gasteiger charge is 2.30. The first kappa shape index (κ1) is 13.8. The van der Waals surface area contributed by atoms with Crippen molar-refractivity contribution in [3.8, 4) is 5.75 Å². The van der Waals surface area contributed by atoms with Crippen molar-refractivity contribution in [3.05, 3.63) is 29.8 Å². The minimum atomic E-state index is -4.31. The largest absolute Gasteiger partial charge is 0.489 e. The van der Waals surface area contributed by atoms with E-state index in [0.717, 1.165) is 25.0 Å². The van der Waals surface area contributed by atoms with Crippen molar-refractivity contribution in [2.24, 2.45) is 5.73 Å². The van der Waals surface area contributed by atoms with Gasteiger partial charge < -0.3 is 10.5 Å². The number of hydrogen-bond acceptors (Lipinski definition) is 2. The maximum atomic E-state index is 12.3. The van der Waals surface area contributed by atoms with Crippen LogP contribution in [0.3, 0.4) is 0 Å². The number of alkyl halides is 3. The molecule has 0 aliphatic heterocycles. The van der Waals surface area contributed by atoms with Gasteiger partial charge in [-0.25, -0.2) is 0 Å². The van der Waals surface area contributed by atoms with Crippen LogP contribution in [0, 0.1) is 0 Å². The van der Waals surface area contributed by atoms with Gasteiger partial charge in [-0.05, 0) is 30.7 Å². The van der Waals surface area contributed by atoms with E-state index in [9.17, 15) is 13.2 Å². The van der Waals surface area contributed by atoms with Gasteiger partial charge in [-0.15, -0.1) is 0 Å². The zero-order valence-corrected chi connectivity index (χ0v) is 9.63. The summed E-state index contributed by atoms with van der Waals surface area (Å²) in [6.45, 7) is 2.35. The van der Waals surface area contributed by atoms with Gasteiger partial charge in [0.25, 0.3) is 0 Å². The van der Waals surface area contributed by atoms with Crippen LogP contribution in [0.15, 0.2) is 24.3 Å². The molecule has 0 amide bonds. The Hall–Kier alpha value is -1.23. The first-order valence-corrected chi connectivity index (χ1v) is 5.51. The third-order valence-corrected chi connectivity index (χ3v) is 2.36. The lowest BCUT2D eigenvalue weighted by molar-refractivity contribution is -0.137. The van der Waals surface area contributed by atoms with Crippen molar-refractivity contribution in [3.63, 3.8) is 0 Å². The molecule has 0 saturated heterocycles. The molecule has 1 rings (SSSR count). The van der Waals surface area contributed by atoms with E-state index in [1.807, 2.05) is 6.92 Å². The van der Waals surface area contributed by atoms with E-state index in [-0.39, 0.29) is 6.10 Å². The van der Waals surface area contributed by atoms with Gasteiger partial charge in [0, 0.05) is 6.54 Å². The zero-order chi connectivity index (χ0) is 12.9. The SMILES string of the molecule is CCCC(CN)Oc1ccc(C(F)(F)F)cc1. The third kappa shape index (κ3) is 4.26. The molecule has 1 atom stereocenters. The van der Waals surface area contributed by atoms with Crippen molar-refractivity contribution in [2.75, 3.05) is 6.54 Å². The molecule has 5 heteroatoms. The highest BCUT2D eigenvalue weighted by atomic mass is 19.4. The highest BCUT2D eigenvalue weighted by molar-refractivity contribution is 5.29. The van der Waals surface area contributed by atoms with Gasteiger partial charge in [-0.1, -0.05) is 13.3 Å². The summed E-state index contributed by atoms with van der Waals surface area (Å²) in [5, 5.41) is 0. The van der Waals surface area contributed by atoms with Crippen LogP contribution in [0.2, 0.25) is 0 Å². The van der Waals surface area contributed by atoms with Crippen LogP contribution in [-0.4, -0.2) is 12.6 Å². The highest BCUT2D eigenvalue weighted by Crippen LogP contribution is 2.30. The van der Waals surface area contributed by atoms with E-state index in [0.29, 0.717) is 12.3 Å². The Kier molecular flexibility index (Phi) is 4.81. The van der Waals surface area contributed by atoms with Gasteiger partial charge >= 0.3 is 6.18 Å². The van der Waals surface area contributed by atoms with Crippen LogP contribution in [0.1, 0.15) is 25.3 Å². The van der Waals surface area contributed by atoms with Crippen LogP contribution in [-0.2, 0) is 6.18 Å². The summed E-state index contributed by atoms with van der Waals surface area (Å²) >= 11 is 0. The van der Waals surface area contributed by atoms with Crippen molar-refractivity contribution in [2.45, 2.75) is 32.0 Å². The number of benzene rings is 1. The molecule has 0 aliphatic rings. The standard InChI is InChI=1S/C12H16F3NO/c1-2-3-11(8-16)17-10-6-4-9(5-7-10)12(13,14)15/h4-7,11H,2-3,8,16H2,1H3. The molecule has 1 aromatic rings. The molecular formula is C12H16F3NO. The second kappa shape index (κ2) is 5.91. The van der Waals surface area contributed by atoms with Gasteiger partial charge in [-0.3, -0.25) is 0 Å². The maximum absolute atomic E-state index is 12.3. The summed E-state index contributed by atoms with van der Waals surface area (Å²) in [5.41, 5.74) is 4.82. The predicted octanol–water partition coefficient (Wildman–Crippen LogP) is 3.21. The van der Waals surface area contributed by atoms with E-state index in [4.69, 9.17) is 10.5 Å². The summed E-state index contributed by atoms with van der Waals surface area (Å²) in [6.07, 6.45) is -2.74. The molecule has 0 aliphatic carbocycles. The molecule has 0 heterocycles. The van der Waals surface area contributed by atoms with Crippen LogP contribution in [0.5, 0.6) is 5.75 Å². The number of hydrogen-bond donors (Lipinski definition) is 1. The minimum absolute atomic E-state index is 0.142. The Morgan fingerprint density at radius 2 is 1.82 bits per heavy atom. The molecule has 1 aromatic carbocycles. The molecule has 2 N–H and O–H groups in total. The van der Waals surface area contributed by atoms with E-state index < -0.39 is 11.7 Å². The number of halogens is 3. The normalized spacial score (nSPS) is 13.5. The predicted molar refractivity (Wildman–Crippen MR) is 59.8 cm³/mol. The second-order valence-electron chi connectivity index (χ2n) is 3.79. The lowest BCUT2D eigenvalue weighted by atomic mass is 10.2. The lowest BCUT2D eigenvalue weighted by Gasteiger charge is -2.17. The monoisotopic (exact) mass is 247 g/mol. The first-order valence-electron chi connectivity index (χ1n) is 5.51. The van der Waals surface area contributed by atoms with Crippen molar-refractivity contribution >= 4 is 0 Å². The smallest absolute Gasteiger partial charge is 0.416 e. The van der Waals surface area contributed by atoms with Crippen LogP contribution < -0.4 is 10.5 Å². The van der Waals surface area contributed by atoms with E-state index >= 15 is 0 Å². The molecule has 0 radical (unpaired) electrons. The lowest BCUT2D eigenvalue weighted by Crippen LogP contribution is -2.26. The molecule has 2 nitrogen and oxygen atoms in total. The van der Waals surface area contributed by atoms with Gasteiger partial charge in [0.15, 0.2) is 0 Å². The van der Waals surface area contributed by atoms with Gasteiger partial charge in [0.05, 0.1) is 5.56 Å². The Balaban J connectivity index is 2.68. The Labute approximate surface area is 98.6 Å². The fourth-order valence-corrected chi connectivity index (χ4v) is 1.46. The topological polar surface area (TPSA) is 35.2 Å². The van der Waals surface area contributed by atoms with Gasteiger partial charge in [-0.2, -0.15) is 13.2 Å². The molecule has 1 unspecified atom stereocenters. The second-order valence-corrected chi connectivity index (χ2v) is 3.79. The fraction of sp³-hybridized carbons (Fsp3) is 0.500. The van der Waals surface area contributed by atoms with Gasteiger partial charge in [0.2, 0.25) is 0 Å². The average molecular weight is 247 g/mol. The zero-order valence-electron chi connectivity index (χ0n) is 9.63. The van der Waals surface area contributed by atoms with Crippen molar-refractivity contribution in [1.82, 2.24) is 0 Å². The molecule has 17 heavy (non-hydrogen) atoms. The summed E-state index contributed by atoms with van der Waals surface area (Å²) in [4.78, 5) is 0. The van der Waals surface area contributed by atoms with E-state index in [1.165, 1.54) is 12.1 Å². The molecule has 0 spiro atoms. The van der Waals surface area contributed by atoms with Crippen LogP contribution in [0.4, 0.5) is 13.2 Å². The van der Waals surface area contributed by atoms with E-state index in [1.54, 1.807) is 0 Å². The van der Waals surface area contributed by atoms with Crippen molar-refractivity contribution < 1.29 is 17.9 Å². The average Bonchev–Trinajstić information content (AvgIpc) is 2.28. The molecular weight excluding hydrogens is 231 g/mol. The first-order chi connectivity index (χ1) is 7.97. The minimum Gasteiger partial charge on any atom is -0.489 e. The Morgan fingerprint density at radius 3 is 2.24 bits per heavy atom. The quantitative estimate of drug-likeness (QED) is 0.867. The summed E-state index contributed by atoms with van der Waals surface area (Å²) in [6, 6.07) is 4.66. The van der Waals surface area contributed by atoms with Gasteiger partial charge in [0.1, 0.15) is 11.9 Å². The maximum Gasteiger partial charge on any atom is 0.416 e. The summed E-state index contributed by atoms with van der Waals surface area (Å²) < 4.78 is 42.4. The number of nitrogens with two attached hydrogens (primary N) is 1. The molecule has 0 bridgehead atoms. The Bertz CT molecular complexity index is 335. The van der Waals surface area contributed by atoms with Crippen molar-refractivity contribution in [1.29, 1.82) is 0 Å². The van der Waals surface area contributed by atoms with Crippen LogP contribution in [0.25, 0.3) is 0 Å². The summed E-state index contributed by atoms with van der Waals surface area (Å²) in [7, 11) is 0. The molecule has 96 valence electrons. The number of ether oxygens (including phenoxy) is 1. The Morgan fingerprint density at radius 1 is 1.24 bits per heavy atom. The third-order valence-electron chi connectivity index (χ3n) is 2.36. The van der Waals surface area contributed by atoms with Crippen LogP contribution >= 0.6 is 0 Å². The summed E-state index contributed by atoms with van der Waals surface area (Å²) in [5.74, 6) is 0.418. The fourth-order valence-electron chi connectivity index (χ4n) is 1.46. The van der Waals surface area contributed by atoms with E-state index in [2.05, 4.69) is 0 Å².